The highest BCUT2D eigenvalue weighted by Crippen LogP contribution is 2.25. The first-order chi connectivity index (χ1) is 11.6. The van der Waals surface area contributed by atoms with Crippen LogP contribution in [0.5, 0.6) is 0 Å². The van der Waals surface area contributed by atoms with Crippen LogP contribution in [0.15, 0.2) is 18.2 Å². The number of benzene rings is 1. The first-order valence-corrected chi connectivity index (χ1v) is 8.65. The lowest BCUT2D eigenvalue weighted by molar-refractivity contribution is -0.135. The maximum absolute atomic E-state index is 13.9. The van der Waals surface area contributed by atoms with Crippen LogP contribution in [0.4, 0.5) is 9.18 Å². The number of hydrogen-bond acceptors (Lipinski definition) is 3. The second-order valence-electron chi connectivity index (χ2n) is 7.23. The molecule has 1 fully saturated rings. The van der Waals surface area contributed by atoms with Gasteiger partial charge in [-0.05, 0) is 45.7 Å². The van der Waals surface area contributed by atoms with Crippen molar-refractivity contribution in [2.24, 2.45) is 0 Å². The monoisotopic (exact) mass is 370 g/mol. The highest BCUT2D eigenvalue weighted by Gasteiger charge is 2.38. The highest BCUT2D eigenvalue weighted by atomic mass is 35.5. The molecule has 0 radical (unpaired) electrons. The summed E-state index contributed by atoms with van der Waals surface area (Å²) in [5.41, 5.74) is -0.360. The molecule has 1 aliphatic heterocycles. The summed E-state index contributed by atoms with van der Waals surface area (Å²) in [6.07, 6.45) is 0.790. The minimum Gasteiger partial charge on any atom is -0.444 e. The number of carbonyl (C=O) groups is 2. The largest absolute Gasteiger partial charge is 0.444 e. The van der Waals surface area contributed by atoms with Gasteiger partial charge in [0.25, 0.3) is 0 Å². The van der Waals surface area contributed by atoms with Gasteiger partial charge in [-0.2, -0.15) is 0 Å². The van der Waals surface area contributed by atoms with Crippen molar-refractivity contribution in [3.05, 3.63) is 34.6 Å². The van der Waals surface area contributed by atoms with E-state index in [-0.39, 0.29) is 23.0 Å². The molecule has 1 aromatic rings. The number of likely N-dealkylation sites (tertiary alicyclic amines) is 1. The molecule has 2 rings (SSSR count). The molecule has 5 nitrogen and oxygen atoms in total. The van der Waals surface area contributed by atoms with Crippen LogP contribution in [0.25, 0.3) is 0 Å². The van der Waals surface area contributed by atoms with E-state index in [1.54, 1.807) is 33.9 Å². The van der Waals surface area contributed by atoms with Crippen molar-refractivity contribution in [3.8, 4) is 0 Å². The fourth-order valence-electron chi connectivity index (χ4n) is 2.82. The van der Waals surface area contributed by atoms with Crippen molar-refractivity contribution in [1.82, 2.24) is 9.80 Å². The van der Waals surface area contributed by atoms with Crippen molar-refractivity contribution in [1.29, 1.82) is 0 Å². The molecule has 0 saturated carbocycles. The molecule has 1 saturated heterocycles. The number of ether oxygens (including phenoxy) is 1. The summed E-state index contributed by atoms with van der Waals surface area (Å²) >= 11 is 6.03. The molecule has 1 aliphatic rings. The minimum absolute atomic E-state index is 0.0446. The smallest absolute Gasteiger partial charge is 0.410 e. The maximum atomic E-state index is 13.9. The summed E-state index contributed by atoms with van der Waals surface area (Å²) in [5, 5.41) is 0.273. The van der Waals surface area contributed by atoms with Gasteiger partial charge in [0.2, 0.25) is 5.91 Å². The van der Waals surface area contributed by atoms with Crippen molar-refractivity contribution >= 4 is 23.6 Å². The van der Waals surface area contributed by atoms with Gasteiger partial charge in [0.15, 0.2) is 0 Å². The number of amides is 2. The second-order valence-corrected chi connectivity index (χ2v) is 7.63. The highest BCUT2D eigenvalue weighted by molar-refractivity contribution is 6.31. The van der Waals surface area contributed by atoms with Crippen molar-refractivity contribution in [3.63, 3.8) is 0 Å². The van der Waals surface area contributed by atoms with Crippen LogP contribution in [0, 0.1) is 5.82 Å². The van der Waals surface area contributed by atoms with Gasteiger partial charge in [-0.3, -0.25) is 9.69 Å². The molecular formula is C18H24ClFN2O3. The molecule has 2 amide bonds. The van der Waals surface area contributed by atoms with Crippen LogP contribution < -0.4 is 0 Å². The number of halogens is 2. The van der Waals surface area contributed by atoms with Gasteiger partial charge in [-0.25, -0.2) is 9.18 Å². The summed E-state index contributed by atoms with van der Waals surface area (Å²) in [7, 11) is 1.58. The Morgan fingerprint density at radius 3 is 2.68 bits per heavy atom. The lowest BCUT2D eigenvalue weighted by Crippen LogP contribution is -2.47. The van der Waals surface area contributed by atoms with E-state index in [4.69, 9.17) is 16.3 Å². The van der Waals surface area contributed by atoms with Gasteiger partial charge in [0.05, 0.1) is 0 Å². The minimum atomic E-state index is -0.625. The Morgan fingerprint density at radius 2 is 2.08 bits per heavy atom. The van der Waals surface area contributed by atoms with Gasteiger partial charge in [0, 0.05) is 30.7 Å². The van der Waals surface area contributed by atoms with Gasteiger partial charge >= 0.3 is 6.09 Å². The Morgan fingerprint density at radius 1 is 1.40 bits per heavy atom. The first kappa shape index (κ1) is 19.5. The fourth-order valence-corrected chi connectivity index (χ4v) is 3.04. The molecule has 0 aromatic heterocycles. The van der Waals surface area contributed by atoms with E-state index in [2.05, 4.69) is 0 Å². The Balaban J connectivity index is 2.09. The van der Waals surface area contributed by atoms with E-state index in [1.165, 1.54) is 21.9 Å². The SMILES string of the molecule is CN(Cc1c(F)cccc1Cl)C(=O)C1CCCN1C(=O)OC(C)(C)C. The van der Waals surface area contributed by atoms with Crippen LogP contribution >= 0.6 is 11.6 Å². The van der Waals surface area contributed by atoms with E-state index in [0.29, 0.717) is 13.0 Å². The van der Waals surface area contributed by atoms with E-state index < -0.39 is 23.6 Å². The zero-order chi connectivity index (χ0) is 18.8. The Labute approximate surface area is 152 Å². The number of hydrogen-bond donors (Lipinski definition) is 0. The van der Waals surface area contributed by atoms with Crippen LogP contribution in [0.3, 0.4) is 0 Å². The average Bonchev–Trinajstić information content (AvgIpc) is 2.98. The molecule has 25 heavy (non-hydrogen) atoms. The number of likely N-dealkylation sites (N-methyl/N-ethyl adjacent to an activating group) is 1. The number of nitrogens with zero attached hydrogens (tertiary/aromatic N) is 2. The average molecular weight is 371 g/mol. The molecular weight excluding hydrogens is 347 g/mol. The Bertz CT molecular complexity index is 640. The third kappa shape index (κ3) is 4.84. The summed E-state index contributed by atoms with van der Waals surface area (Å²) < 4.78 is 19.3. The van der Waals surface area contributed by atoms with Gasteiger partial charge < -0.3 is 9.64 Å². The molecule has 1 atom stereocenters. The zero-order valence-corrected chi connectivity index (χ0v) is 15.8. The van der Waals surface area contributed by atoms with Crippen molar-refractivity contribution in [2.45, 2.75) is 51.8 Å². The van der Waals surface area contributed by atoms with Crippen molar-refractivity contribution in [2.75, 3.05) is 13.6 Å². The van der Waals surface area contributed by atoms with Crippen LogP contribution in [-0.4, -0.2) is 47.0 Å². The summed E-state index contributed by atoms with van der Waals surface area (Å²) in [6, 6.07) is 3.82. The molecule has 0 spiro atoms. The second kappa shape index (κ2) is 7.60. The maximum Gasteiger partial charge on any atom is 0.410 e. The summed E-state index contributed by atoms with van der Waals surface area (Å²) in [6.45, 7) is 5.86. The molecule has 1 aromatic carbocycles. The van der Waals surface area contributed by atoms with Crippen LogP contribution in [0.1, 0.15) is 39.2 Å². The molecule has 0 bridgehead atoms. The summed E-state index contributed by atoms with van der Waals surface area (Å²) in [5.74, 6) is -0.703. The lowest BCUT2D eigenvalue weighted by Gasteiger charge is -2.30. The van der Waals surface area contributed by atoms with Crippen LogP contribution in [0.2, 0.25) is 5.02 Å². The predicted octanol–water partition coefficient (Wildman–Crippen LogP) is 3.84. The number of carbonyl (C=O) groups excluding carboxylic acids is 2. The van der Waals surface area contributed by atoms with Gasteiger partial charge in [-0.15, -0.1) is 0 Å². The first-order valence-electron chi connectivity index (χ1n) is 8.27. The van der Waals surface area contributed by atoms with Crippen LogP contribution in [-0.2, 0) is 16.1 Å². The molecule has 138 valence electrons. The third-order valence-electron chi connectivity index (χ3n) is 4.00. The van der Waals surface area contributed by atoms with E-state index in [1.807, 2.05) is 0 Å². The number of rotatable bonds is 3. The standard InChI is InChI=1S/C18H24ClFN2O3/c1-18(2,3)25-17(24)22-10-6-9-15(22)16(23)21(4)11-12-13(19)7-5-8-14(12)20/h5,7-8,15H,6,9-11H2,1-4H3. The lowest BCUT2D eigenvalue weighted by atomic mass is 10.1. The fraction of sp³-hybridized carbons (Fsp3) is 0.556. The van der Waals surface area contributed by atoms with Gasteiger partial charge in [-0.1, -0.05) is 17.7 Å². The molecule has 0 aliphatic carbocycles. The Kier molecular flexibility index (Phi) is 5.93. The zero-order valence-electron chi connectivity index (χ0n) is 15.0. The molecule has 7 heteroatoms. The van der Waals surface area contributed by atoms with E-state index in [9.17, 15) is 14.0 Å². The quantitative estimate of drug-likeness (QED) is 0.812. The molecule has 1 unspecified atom stereocenters. The molecule has 0 N–H and O–H groups in total. The Hall–Kier alpha value is -1.82. The van der Waals surface area contributed by atoms with E-state index >= 15 is 0 Å². The van der Waals surface area contributed by atoms with E-state index in [0.717, 1.165) is 6.42 Å². The summed E-state index contributed by atoms with van der Waals surface area (Å²) in [4.78, 5) is 27.9. The normalized spacial score (nSPS) is 17.5. The molecule has 1 heterocycles. The topological polar surface area (TPSA) is 49.9 Å². The third-order valence-corrected chi connectivity index (χ3v) is 4.35. The van der Waals surface area contributed by atoms with Crippen molar-refractivity contribution < 1.29 is 18.7 Å². The predicted molar refractivity (Wildman–Crippen MR) is 93.8 cm³/mol. The van der Waals surface area contributed by atoms with Gasteiger partial charge in [0.1, 0.15) is 17.5 Å².